The second-order valence-corrected chi connectivity index (χ2v) is 8.25. The van der Waals surface area contributed by atoms with Crippen molar-refractivity contribution in [2.24, 2.45) is 0 Å². The van der Waals surface area contributed by atoms with Crippen molar-refractivity contribution in [2.75, 3.05) is 4.90 Å². The number of carbonyl (C=O) groups is 2. The number of nitrogens with zero attached hydrogens (tertiary/aromatic N) is 3. The predicted molar refractivity (Wildman–Crippen MR) is 113 cm³/mol. The largest absolute Gasteiger partial charge is 0.268 e. The number of hydrogen-bond acceptors (Lipinski definition) is 5. The van der Waals surface area contributed by atoms with E-state index in [1.165, 1.54) is 11.3 Å². The van der Waals surface area contributed by atoms with Gasteiger partial charge in [0, 0.05) is 25.6 Å². The zero-order valence-electron chi connectivity index (χ0n) is 13.7. The van der Waals surface area contributed by atoms with Crippen molar-refractivity contribution in [2.45, 2.75) is 0 Å². The van der Waals surface area contributed by atoms with Crippen molar-refractivity contribution in [3.8, 4) is 10.6 Å². The van der Waals surface area contributed by atoms with Gasteiger partial charge in [0.05, 0.1) is 0 Å². The van der Waals surface area contributed by atoms with Crippen LogP contribution in [-0.4, -0.2) is 22.0 Å². The Morgan fingerprint density at radius 2 is 1.44 bits per heavy atom. The molecule has 5 rings (SSSR count). The molecule has 0 atom stereocenters. The van der Waals surface area contributed by atoms with E-state index in [2.05, 4.69) is 32.8 Å². The summed E-state index contributed by atoms with van der Waals surface area (Å²) < 4.78 is 1.12. The third-order valence-corrected chi connectivity index (χ3v) is 6.15. The summed E-state index contributed by atoms with van der Waals surface area (Å²) in [6.07, 6.45) is 0. The second kappa shape index (κ2) is 6.21. The third kappa shape index (κ3) is 2.57. The fourth-order valence-electron chi connectivity index (χ4n) is 3.22. The first kappa shape index (κ1) is 16.5. The lowest BCUT2D eigenvalue weighted by Gasteiger charge is -2.24. The van der Waals surface area contributed by atoms with Crippen LogP contribution in [0.5, 0.6) is 0 Å². The van der Waals surface area contributed by atoms with Crippen molar-refractivity contribution >= 4 is 61.6 Å². The van der Waals surface area contributed by atoms with Crippen LogP contribution in [0.3, 0.4) is 0 Å². The summed E-state index contributed by atoms with van der Waals surface area (Å²) >= 11 is 3.46. The molecular formula is C20H10IN3O2S. The van der Waals surface area contributed by atoms with Crippen LogP contribution in [0.2, 0.25) is 0 Å². The van der Waals surface area contributed by atoms with Gasteiger partial charge in [0.2, 0.25) is 5.13 Å². The Morgan fingerprint density at radius 1 is 0.815 bits per heavy atom. The number of halogens is 1. The summed E-state index contributed by atoms with van der Waals surface area (Å²) in [6, 6.07) is 18.8. The number of anilines is 1. The fraction of sp³-hybridized carbons (Fsp3) is 0. The number of aromatic nitrogens is 2. The molecule has 0 saturated heterocycles. The fourth-order valence-corrected chi connectivity index (χ4v) is 4.43. The molecule has 27 heavy (non-hydrogen) atoms. The molecule has 0 unspecified atom stereocenters. The Kier molecular flexibility index (Phi) is 3.80. The van der Waals surface area contributed by atoms with Crippen molar-refractivity contribution in [1.29, 1.82) is 0 Å². The summed E-state index contributed by atoms with van der Waals surface area (Å²) in [5, 5.41) is 10.8. The summed E-state index contributed by atoms with van der Waals surface area (Å²) in [6.45, 7) is 0. The van der Waals surface area contributed by atoms with E-state index in [1.54, 1.807) is 12.1 Å². The maximum absolute atomic E-state index is 13.0. The molecule has 0 bridgehead atoms. The molecule has 0 N–H and O–H groups in total. The van der Waals surface area contributed by atoms with Gasteiger partial charge >= 0.3 is 0 Å². The number of amides is 2. The SMILES string of the molecule is O=C1c2cccc3cccc(c23)C(=O)N1c1nnc(-c2ccc(I)cc2)s1. The van der Waals surface area contributed by atoms with E-state index in [1.807, 2.05) is 48.5 Å². The Morgan fingerprint density at radius 3 is 2.07 bits per heavy atom. The van der Waals surface area contributed by atoms with Crippen molar-refractivity contribution in [1.82, 2.24) is 10.2 Å². The van der Waals surface area contributed by atoms with Gasteiger partial charge in [-0.25, -0.2) is 4.90 Å². The van der Waals surface area contributed by atoms with Crippen LogP contribution in [0.15, 0.2) is 60.7 Å². The summed E-state index contributed by atoms with van der Waals surface area (Å²) in [4.78, 5) is 27.2. The molecule has 0 fully saturated rings. The first-order valence-electron chi connectivity index (χ1n) is 8.13. The highest BCUT2D eigenvalue weighted by molar-refractivity contribution is 14.1. The van der Waals surface area contributed by atoms with E-state index < -0.39 is 0 Å². The van der Waals surface area contributed by atoms with Gasteiger partial charge in [-0.15, -0.1) is 10.2 Å². The molecule has 1 aliphatic rings. The minimum absolute atomic E-state index is 0.282. The monoisotopic (exact) mass is 483 g/mol. The molecule has 0 saturated carbocycles. The number of rotatable bonds is 2. The van der Waals surface area contributed by atoms with Crippen LogP contribution in [0, 0.1) is 3.57 Å². The van der Waals surface area contributed by atoms with Crippen molar-refractivity contribution < 1.29 is 9.59 Å². The van der Waals surface area contributed by atoms with E-state index in [-0.39, 0.29) is 16.9 Å². The maximum atomic E-state index is 13.0. The minimum atomic E-state index is -0.366. The van der Waals surface area contributed by atoms with E-state index >= 15 is 0 Å². The van der Waals surface area contributed by atoms with Crippen molar-refractivity contribution in [3.05, 3.63) is 75.4 Å². The average molecular weight is 483 g/mol. The normalized spacial score (nSPS) is 13.4. The van der Waals surface area contributed by atoms with Crippen LogP contribution in [0.1, 0.15) is 20.7 Å². The van der Waals surface area contributed by atoms with Gasteiger partial charge in [0.15, 0.2) is 0 Å². The first-order valence-corrected chi connectivity index (χ1v) is 10.0. The third-order valence-electron chi connectivity index (χ3n) is 4.47. The van der Waals surface area contributed by atoms with Crippen molar-refractivity contribution in [3.63, 3.8) is 0 Å². The number of imide groups is 1. The zero-order valence-corrected chi connectivity index (χ0v) is 16.7. The van der Waals surface area contributed by atoms with Gasteiger partial charge in [-0.2, -0.15) is 0 Å². The van der Waals surface area contributed by atoms with Crippen LogP contribution in [0.25, 0.3) is 21.3 Å². The Balaban J connectivity index is 1.62. The summed E-state index contributed by atoms with van der Waals surface area (Å²) in [5.74, 6) is -0.732. The van der Waals surface area contributed by atoms with Gasteiger partial charge < -0.3 is 0 Å². The molecule has 4 aromatic rings. The molecule has 0 radical (unpaired) electrons. The zero-order chi connectivity index (χ0) is 18.5. The molecule has 5 nitrogen and oxygen atoms in total. The van der Waals surface area contributed by atoms with Gasteiger partial charge in [-0.3, -0.25) is 9.59 Å². The van der Waals surface area contributed by atoms with E-state index in [4.69, 9.17) is 0 Å². The quantitative estimate of drug-likeness (QED) is 0.305. The molecule has 0 aliphatic carbocycles. The van der Waals surface area contributed by atoms with Crippen LogP contribution in [-0.2, 0) is 0 Å². The standard InChI is InChI=1S/C20H10IN3O2S/c21-13-9-7-12(8-10-13)17-22-23-20(27-17)24-18(25)14-5-1-3-11-4-2-6-15(16(11)14)19(24)26/h1-10H. The van der Waals surface area contributed by atoms with E-state index in [0.29, 0.717) is 21.5 Å². The molecular weight excluding hydrogens is 473 g/mol. The van der Waals surface area contributed by atoms with Crippen LogP contribution >= 0.6 is 33.9 Å². The molecule has 1 aliphatic heterocycles. The maximum Gasteiger partial charge on any atom is 0.267 e. The van der Waals surface area contributed by atoms with Gasteiger partial charge in [-0.05, 0) is 52.2 Å². The predicted octanol–water partition coefficient (Wildman–Crippen LogP) is 4.76. The van der Waals surface area contributed by atoms with Gasteiger partial charge in [-0.1, -0.05) is 47.7 Å². The number of carbonyl (C=O) groups excluding carboxylic acids is 2. The number of benzene rings is 3. The van der Waals surface area contributed by atoms with Gasteiger partial charge in [0.1, 0.15) is 5.01 Å². The summed E-state index contributed by atoms with van der Waals surface area (Å²) in [7, 11) is 0. The minimum Gasteiger partial charge on any atom is -0.268 e. The molecule has 7 heteroatoms. The lowest BCUT2D eigenvalue weighted by atomic mass is 9.94. The lowest BCUT2D eigenvalue weighted by molar-refractivity contribution is 0.0893. The molecule has 130 valence electrons. The lowest BCUT2D eigenvalue weighted by Crippen LogP contribution is -2.40. The highest BCUT2D eigenvalue weighted by Gasteiger charge is 2.35. The summed E-state index contributed by atoms with van der Waals surface area (Å²) in [5.41, 5.74) is 1.92. The topological polar surface area (TPSA) is 63.2 Å². The molecule has 2 amide bonds. The Labute approximate surface area is 171 Å². The highest BCUT2D eigenvalue weighted by Crippen LogP contribution is 2.35. The average Bonchev–Trinajstić information content (AvgIpc) is 3.16. The Hall–Kier alpha value is -2.65. The van der Waals surface area contributed by atoms with Gasteiger partial charge in [0.25, 0.3) is 11.8 Å². The molecule has 1 aromatic heterocycles. The van der Waals surface area contributed by atoms with Crippen LogP contribution < -0.4 is 4.90 Å². The Bertz CT molecular complexity index is 1180. The first-order chi connectivity index (χ1) is 13.1. The smallest absolute Gasteiger partial charge is 0.267 e. The van der Waals surface area contributed by atoms with E-state index in [0.717, 1.165) is 19.4 Å². The molecule has 0 spiro atoms. The van der Waals surface area contributed by atoms with Crippen LogP contribution in [0.4, 0.5) is 5.13 Å². The number of hydrogen-bond donors (Lipinski definition) is 0. The van der Waals surface area contributed by atoms with E-state index in [9.17, 15) is 9.59 Å². The molecule has 3 aromatic carbocycles. The molecule has 2 heterocycles. The second-order valence-electron chi connectivity index (χ2n) is 6.05. The highest BCUT2D eigenvalue weighted by atomic mass is 127.